The van der Waals surface area contributed by atoms with Crippen LogP contribution in [0.25, 0.3) is 0 Å². The second-order valence-corrected chi connectivity index (χ2v) is 9.80. The molecule has 1 spiro atoms. The van der Waals surface area contributed by atoms with Gasteiger partial charge < -0.3 is 30.1 Å². The number of methoxy groups -OCH3 is 1. The van der Waals surface area contributed by atoms with Crippen molar-refractivity contribution in [2.24, 2.45) is 11.8 Å². The standard InChI is InChI=1S/C26H37N3O6/c1-4-14-27-22(31)19-20-24(33)29(15-6-7-16-30)21(26(20)13-12-25(19,5-2)35-26)23(32)28-17-8-10-18(34-3)11-9-17/h8-11,19-21,30H,4-7,12-16H2,1-3H3,(H,27,31)(H,28,32)/t19-,20+,21?,25+,26?/m1/s1. The molecule has 4 rings (SSSR count). The van der Waals surface area contributed by atoms with E-state index >= 15 is 0 Å². The minimum absolute atomic E-state index is 0.0107. The lowest BCUT2D eigenvalue weighted by molar-refractivity contribution is -0.146. The van der Waals surface area contributed by atoms with Gasteiger partial charge in [0.2, 0.25) is 17.7 Å². The summed E-state index contributed by atoms with van der Waals surface area (Å²) in [6.45, 7) is 4.83. The van der Waals surface area contributed by atoms with Gasteiger partial charge >= 0.3 is 0 Å². The zero-order valence-electron chi connectivity index (χ0n) is 20.8. The number of carbonyl (C=O) groups is 3. The number of rotatable bonds is 11. The fourth-order valence-corrected chi connectivity index (χ4v) is 6.29. The third-order valence-electron chi connectivity index (χ3n) is 7.93. The summed E-state index contributed by atoms with van der Waals surface area (Å²) in [6, 6.07) is 6.17. The van der Waals surface area contributed by atoms with Crippen molar-refractivity contribution in [3.63, 3.8) is 0 Å². The van der Waals surface area contributed by atoms with Crippen LogP contribution < -0.4 is 15.4 Å². The molecule has 3 aliphatic rings. The van der Waals surface area contributed by atoms with Crippen molar-refractivity contribution in [1.29, 1.82) is 0 Å². The molecule has 3 heterocycles. The monoisotopic (exact) mass is 487 g/mol. The minimum Gasteiger partial charge on any atom is -0.497 e. The molecule has 5 atom stereocenters. The molecule has 0 aromatic heterocycles. The van der Waals surface area contributed by atoms with Crippen molar-refractivity contribution in [2.45, 2.75) is 69.6 Å². The number of anilines is 1. The summed E-state index contributed by atoms with van der Waals surface area (Å²) < 4.78 is 11.9. The van der Waals surface area contributed by atoms with E-state index in [0.29, 0.717) is 56.6 Å². The number of amides is 3. The van der Waals surface area contributed by atoms with Gasteiger partial charge in [-0.2, -0.15) is 0 Å². The van der Waals surface area contributed by atoms with Crippen LogP contribution in [0.4, 0.5) is 5.69 Å². The fraction of sp³-hybridized carbons (Fsp3) is 0.654. The van der Waals surface area contributed by atoms with Gasteiger partial charge in [0.25, 0.3) is 0 Å². The first-order chi connectivity index (χ1) is 16.9. The average molecular weight is 488 g/mol. The number of carbonyl (C=O) groups excluding carboxylic acids is 3. The highest BCUT2D eigenvalue weighted by atomic mass is 16.5. The molecule has 3 aliphatic heterocycles. The van der Waals surface area contributed by atoms with Gasteiger partial charge in [0.1, 0.15) is 17.4 Å². The molecule has 3 amide bonds. The number of benzene rings is 1. The van der Waals surface area contributed by atoms with Gasteiger partial charge in [0.05, 0.1) is 24.5 Å². The van der Waals surface area contributed by atoms with E-state index < -0.39 is 29.1 Å². The lowest BCUT2D eigenvalue weighted by Gasteiger charge is -2.34. The van der Waals surface area contributed by atoms with Crippen molar-refractivity contribution < 1.29 is 29.0 Å². The lowest BCUT2D eigenvalue weighted by atomic mass is 9.65. The second kappa shape index (κ2) is 10.1. The number of hydrogen-bond acceptors (Lipinski definition) is 6. The van der Waals surface area contributed by atoms with E-state index in [1.807, 2.05) is 13.8 Å². The Kier molecular flexibility index (Phi) is 7.38. The number of likely N-dealkylation sites (tertiary alicyclic amines) is 1. The van der Waals surface area contributed by atoms with Gasteiger partial charge in [0.15, 0.2) is 0 Å². The highest BCUT2D eigenvalue weighted by molar-refractivity contribution is 6.03. The average Bonchev–Trinajstić information content (AvgIpc) is 3.47. The predicted octanol–water partition coefficient (Wildman–Crippen LogP) is 2.09. The summed E-state index contributed by atoms with van der Waals surface area (Å²) in [4.78, 5) is 42.5. The highest BCUT2D eigenvalue weighted by Crippen LogP contribution is 2.64. The van der Waals surface area contributed by atoms with E-state index in [-0.39, 0.29) is 24.3 Å². The fourth-order valence-electron chi connectivity index (χ4n) is 6.29. The van der Waals surface area contributed by atoms with E-state index in [1.165, 1.54) is 0 Å². The van der Waals surface area contributed by atoms with E-state index in [9.17, 15) is 19.5 Å². The van der Waals surface area contributed by atoms with Crippen molar-refractivity contribution in [1.82, 2.24) is 10.2 Å². The molecule has 192 valence electrons. The molecule has 2 unspecified atom stereocenters. The number of unbranched alkanes of at least 4 members (excludes halogenated alkanes) is 1. The van der Waals surface area contributed by atoms with Crippen molar-refractivity contribution in [2.75, 3.05) is 32.1 Å². The van der Waals surface area contributed by atoms with Crippen LogP contribution in [0.5, 0.6) is 5.75 Å². The first-order valence-corrected chi connectivity index (χ1v) is 12.7. The van der Waals surface area contributed by atoms with Crippen molar-refractivity contribution >= 4 is 23.4 Å². The maximum Gasteiger partial charge on any atom is 0.250 e. The first kappa shape index (κ1) is 25.4. The summed E-state index contributed by atoms with van der Waals surface area (Å²) in [7, 11) is 1.58. The molecule has 0 radical (unpaired) electrons. The number of nitrogens with zero attached hydrogens (tertiary/aromatic N) is 1. The van der Waals surface area contributed by atoms with Gasteiger partial charge in [-0.25, -0.2) is 0 Å². The zero-order chi connectivity index (χ0) is 25.2. The Morgan fingerprint density at radius 3 is 2.54 bits per heavy atom. The Hall–Kier alpha value is -2.65. The van der Waals surface area contributed by atoms with Gasteiger partial charge in [0, 0.05) is 25.4 Å². The van der Waals surface area contributed by atoms with Gasteiger partial charge in [-0.15, -0.1) is 0 Å². The Balaban J connectivity index is 1.68. The molecule has 35 heavy (non-hydrogen) atoms. The van der Waals surface area contributed by atoms with Crippen LogP contribution in [0, 0.1) is 11.8 Å². The molecule has 2 bridgehead atoms. The third kappa shape index (κ3) is 4.18. The number of aliphatic hydroxyl groups excluding tert-OH is 1. The summed E-state index contributed by atoms with van der Waals surface area (Å²) >= 11 is 0. The van der Waals surface area contributed by atoms with E-state index in [4.69, 9.17) is 9.47 Å². The van der Waals surface area contributed by atoms with Crippen LogP contribution >= 0.6 is 0 Å². The Morgan fingerprint density at radius 1 is 1.17 bits per heavy atom. The Morgan fingerprint density at radius 2 is 1.91 bits per heavy atom. The van der Waals surface area contributed by atoms with Crippen LogP contribution in [-0.4, -0.2) is 71.8 Å². The minimum atomic E-state index is -1.04. The maximum absolute atomic E-state index is 13.9. The van der Waals surface area contributed by atoms with Gasteiger partial charge in [-0.3, -0.25) is 14.4 Å². The van der Waals surface area contributed by atoms with Gasteiger partial charge in [-0.05, 0) is 62.8 Å². The number of aliphatic hydroxyl groups is 1. The van der Waals surface area contributed by atoms with Crippen molar-refractivity contribution in [3.05, 3.63) is 24.3 Å². The first-order valence-electron chi connectivity index (χ1n) is 12.7. The molecule has 3 fully saturated rings. The molecule has 9 nitrogen and oxygen atoms in total. The van der Waals surface area contributed by atoms with Crippen LogP contribution in [0.1, 0.15) is 52.4 Å². The Bertz CT molecular complexity index is 953. The van der Waals surface area contributed by atoms with Crippen LogP contribution in [-0.2, 0) is 19.1 Å². The summed E-state index contributed by atoms with van der Waals surface area (Å²) in [5.41, 5.74) is -1.20. The van der Waals surface area contributed by atoms with Crippen LogP contribution in [0.2, 0.25) is 0 Å². The molecular formula is C26H37N3O6. The molecule has 1 aromatic carbocycles. The number of hydrogen-bond donors (Lipinski definition) is 3. The Labute approximate surface area is 206 Å². The summed E-state index contributed by atoms with van der Waals surface area (Å²) in [5.74, 6) is -1.35. The van der Waals surface area contributed by atoms with E-state index in [0.717, 1.165) is 6.42 Å². The quantitative estimate of drug-likeness (QED) is 0.412. The second-order valence-electron chi connectivity index (χ2n) is 9.80. The maximum atomic E-state index is 13.9. The third-order valence-corrected chi connectivity index (χ3v) is 7.93. The SMILES string of the molecule is CCCNC(=O)[C@H]1[C@H]2C(=O)N(CCCCO)C(C(=O)Nc3ccc(OC)cc3)C23CC[C@]1(CC)O3. The molecule has 0 saturated carbocycles. The van der Waals surface area contributed by atoms with E-state index in [1.54, 1.807) is 36.3 Å². The molecule has 3 N–H and O–H groups in total. The normalized spacial score (nSPS) is 30.9. The summed E-state index contributed by atoms with van der Waals surface area (Å²) in [6.07, 6.45) is 3.65. The number of nitrogens with one attached hydrogen (secondary N) is 2. The lowest BCUT2D eigenvalue weighted by Crippen LogP contribution is -2.53. The van der Waals surface area contributed by atoms with Crippen LogP contribution in [0.15, 0.2) is 24.3 Å². The molecular weight excluding hydrogens is 450 g/mol. The largest absolute Gasteiger partial charge is 0.497 e. The number of fused-ring (bicyclic) bond motifs is 1. The number of ether oxygens (including phenoxy) is 2. The topological polar surface area (TPSA) is 117 Å². The molecule has 1 aromatic rings. The predicted molar refractivity (Wildman–Crippen MR) is 130 cm³/mol. The summed E-state index contributed by atoms with van der Waals surface area (Å²) in [5, 5.41) is 15.2. The zero-order valence-corrected chi connectivity index (χ0v) is 20.8. The van der Waals surface area contributed by atoms with Gasteiger partial charge in [-0.1, -0.05) is 13.8 Å². The molecule has 3 saturated heterocycles. The molecule has 9 heteroatoms. The van der Waals surface area contributed by atoms with Crippen LogP contribution in [0.3, 0.4) is 0 Å². The smallest absolute Gasteiger partial charge is 0.250 e. The van der Waals surface area contributed by atoms with Crippen molar-refractivity contribution in [3.8, 4) is 5.75 Å². The highest BCUT2D eigenvalue weighted by Gasteiger charge is 2.78. The molecule has 0 aliphatic carbocycles. The van der Waals surface area contributed by atoms with E-state index in [2.05, 4.69) is 10.6 Å².